The van der Waals surface area contributed by atoms with Crippen LogP contribution in [0.15, 0.2) is 46.9 Å². The van der Waals surface area contributed by atoms with Crippen molar-refractivity contribution >= 4 is 33.3 Å². The SMILES string of the molecule is CC(=O)Cc1ccc(OCc2ccc(Br)cc2Cl)cc1. The zero-order valence-corrected chi connectivity index (χ0v) is 13.4. The van der Waals surface area contributed by atoms with Crippen LogP contribution in [0, 0.1) is 0 Å². The fraction of sp³-hybridized carbons (Fsp3) is 0.188. The van der Waals surface area contributed by atoms with Gasteiger partial charge in [-0.2, -0.15) is 0 Å². The maximum atomic E-state index is 11.0. The van der Waals surface area contributed by atoms with Gasteiger partial charge in [-0.3, -0.25) is 4.79 Å². The van der Waals surface area contributed by atoms with Crippen LogP contribution in [-0.4, -0.2) is 5.78 Å². The molecule has 0 amide bonds. The van der Waals surface area contributed by atoms with E-state index >= 15 is 0 Å². The molecular weight excluding hydrogens is 340 g/mol. The highest BCUT2D eigenvalue weighted by atomic mass is 79.9. The number of Topliss-reactive ketones (excluding diaryl/α,β-unsaturated/α-hetero) is 1. The molecule has 0 heterocycles. The second kappa shape index (κ2) is 6.91. The Kier molecular flexibility index (Phi) is 5.21. The molecule has 0 spiro atoms. The molecule has 0 unspecified atom stereocenters. The number of carbonyl (C=O) groups is 1. The van der Waals surface area contributed by atoms with Gasteiger partial charge >= 0.3 is 0 Å². The summed E-state index contributed by atoms with van der Waals surface area (Å²) < 4.78 is 6.63. The van der Waals surface area contributed by atoms with Crippen molar-refractivity contribution in [1.29, 1.82) is 0 Å². The molecule has 4 heteroatoms. The van der Waals surface area contributed by atoms with E-state index in [1.165, 1.54) is 0 Å². The van der Waals surface area contributed by atoms with Gasteiger partial charge in [0.25, 0.3) is 0 Å². The Balaban J connectivity index is 1.98. The Hall–Kier alpha value is -1.32. The number of ketones is 1. The van der Waals surface area contributed by atoms with Gasteiger partial charge in [0.05, 0.1) is 0 Å². The van der Waals surface area contributed by atoms with Crippen molar-refractivity contribution in [3.63, 3.8) is 0 Å². The summed E-state index contributed by atoms with van der Waals surface area (Å²) in [6, 6.07) is 13.2. The second-order valence-corrected chi connectivity index (χ2v) is 5.87. The van der Waals surface area contributed by atoms with Crippen LogP contribution in [-0.2, 0) is 17.8 Å². The van der Waals surface area contributed by atoms with Crippen LogP contribution in [0.25, 0.3) is 0 Å². The Bertz CT molecular complexity index is 608. The van der Waals surface area contributed by atoms with E-state index in [1.54, 1.807) is 6.92 Å². The van der Waals surface area contributed by atoms with E-state index in [0.717, 1.165) is 21.3 Å². The average Bonchev–Trinajstić information content (AvgIpc) is 2.39. The molecule has 0 aliphatic heterocycles. The summed E-state index contributed by atoms with van der Waals surface area (Å²) >= 11 is 9.50. The quantitative estimate of drug-likeness (QED) is 0.771. The van der Waals surface area contributed by atoms with Gasteiger partial charge in [0.15, 0.2) is 0 Å². The molecule has 0 aromatic heterocycles. The standard InChI is InChI=1S/C16H14BrClO2/c1-11(19)8-12-2-6-15(7-3-12)20-10-13-4-5-14(17)9-16(13)18/h2-7,9H,8,10H2,1H3. The van der Waals surface area contributed by atoms with E-state index in [4.69, 9.17) is 16.3 Å². The maximum absolute atomic E-state index is 11.0. The molecule has 0 aliphatic carbocycles. The van der Waals surface area contributed by atoms with Gasteiger partial charge in [-0.25, -0.2) is 0 Å². The lowest BCUT2D eigenvalue weighted by atomic mass is 10.1. The van der Waals surface area contributed by atoms with E-state index in [1.807, 2.05) is 42.5 Å². The minimum absolute atomic E-state index is 0.153. The molecule has 2 rings (SSSR count). The first kappa shape index (κ1) is 15.1. The van der Waals surface area contributed by atoms with E-state index in [-0.39, 0.29) is 5.78 Å². The highest BCUT2D eigenvalue weighted by Crippen LogP contribution is 2.23. The first-order valence-electron chi connectivity index (χ1n) is 6.19. The van der Waals surface area contributed by atoms with Crippen molar-refractivity contribution < 1.29 is 9.53 Å². The Morgan fingerprint density at radius 1 is 1.20 bits per heavy atom. The first-order chi connectivity index (χ1) is 9.54. The summed E-state index contributed by atoms with van der Waals surface area (Å²) in [5, 5.41) is 0.674. The maximum Gasteiger partial charge on any atom is 0.134 e. The Morgan fingerprint density at radius 3 is 2.50 bits per heavy atom. The lowest BCUT2D eigenvalue weighted by molar-refractivity contribution is -0.116. The molecule has 0 N–H and O–H groups in total. The van der Waals surface area contributed by atoms with E-state index in [9.17, 15) is 4.79 Å². The minimum atomic E-state index is 0.153. The largest absolute Gasteiger partial charge is 0.489 e. The Labute approximate surface area is 131 Å². The molecule has 2 aromatic carbocycles. The van der Waals surface area contributed by atoms with Crippen LogP contribution >= 0.6 is 27.5 Å². The van der Waals surface area contributed by atoms with Crippen molar-refractivity contribution in [2.45, 2.75) is 20.0 Å². The number of hydrogen-bond donors (Lipinski definition) is 0. The lowest BCUT2D eigenvalue weighted by Gasteiger charge is -2.08. The zero-order chi connectivity index (χ0) is 14.5. The molecule has 0 fully saturated rings. The summed E-state index contributed by atoms with van der Waals surface area (Å²) in [6.07, 6.45) is 0.457. The minimum Gasteiger partial charge on any atom is -0.489 e. The number of rotatable bonds is 5. The third kappa shape index (κ3) is 4.36. The number of hydrogen-bond acceptors (Lipinski definition) is 2. The van der Waals surface area contributed by atoms with E-state index in [2.05, 4.69) is 15.9 Å². The van der Waals surface area contributed by atoms with Crippen molar-refractivity contribution in [2.24, 2.45) is 0 Å². The lowest BCUT2D eigenvalue weighted by Crippen LogP contribution is -1.98. The van der Waals surface area contributed by atoms with E-state index < -0.39 is 0 Å². The van der Waals surface area contributed by atoms with Gasteiger partial charge in [0, 0.05) is 21.5 Å². The molecule has 0 saturated heterocycles. The van der Waals surface area contributed by atoms with Gasteiger partial charge in [-0.1, -0.05) is 45.7 Å². The fourth-order valence-electron chi connectivity index (χ4n) is 1.79. The Morgan fingerprint density at radius 2 is 1.90 bits per heavy atom. The number of ether oxygens (including phenoxy) is 1. The summed E-state index contributed by atoms with van der Waals surface area (Å²) in [5.41, 5.74) is 1.93. The monoisotopic (exact) mass is 352 g/mol. The highest BCUT2D eigenvalue weighted by Gasteiger charge is 2.03. The van der Waals surface area contributed by atoms with Crippen LogP contribution < -0.4 is 4.74 Å². The van der Waals surface area contributed by atoms with Gasteiger partial charge in [-0.15, -0.1) is 0 Å². The molecule has 0 radical (unpaired) electrons. The average molecular weight is 354 g/mol. The van der Waals surface area contributed by atoms with E-state index in [0.29, 0.717) is 18.1 Å². The summed E-state index contributed by atoms with van der Waals surface area (Å²) in [4.78, 5) is 11.0. The predicted octanol–water partition coefficient (Wildman–Crippen LogP) is 4.81. The second-order valence-electron chi connectivity index (χ2n) is 4.55. The molecule has 0 atom stereocenters. The van der Waals surface area contributed by atoms with Crippen LogP contribution in [0.3, 0.4) is 0 Å². The number of benzene rings is 2. The van der Waals surface area contributed by atoms with Crippen molar-refractivity contribution in [3.05, 3.63) is 63.1 Å². The molecular formula is C16H14BrClO2. The molecule has 20 heavy (non-hydrogen) atoms. The molecule has 0 bridgehead atoms. The fourth-order valence-corrected chi connectivity index (χ4v) is 2.52. The third-order valence-electron chi connectivity index (χ3n) is 2.79. The van der Waals surface area contributed by atoms with Crippen LogP contribution in [0.2, 0.25) is 5.02 Å². The molecule has 0 saturated carbocycles. The van der Waals surface area contributed by atoms with Crippen LogP contribution in [0.1, 0.15) is 18.1 Å². The third-order valence-corrected chi connectivity index (χ3v) is 3.63. The summed E-state index contributed by atoms with van der Waals surface area (Å²) in [5.74, 6) is 0.914. The van der Waals surface area contributed by atoms with Crippen molar-refractivity contribution in [3.8, 4) is 5.75 Å². The molecule has 2 aromatic rings. The van der Waals surface area contributed by atoms with Crippen molar-refractivity contribution in [1.82, 2.24) is 0 Å². The molecule has 104 valence electrons. The van der Waals surface area contributed by atoms with Crippen LogP contribution in [0.4, 0.5) is 0 Å². The topological polar surface area (TPSA) is 26.3 Å². The van der Waals surface area contributed by atoms with Gasteiger partial charge in [-0.05, 0) is 36.8 Å². The van der Waals surface area contributed by atoms with Gasteiger partial charge in [0.2, 0.25) is 0 Å². The highest BCUT2D eigenvalue weighted by molar-refractivity contribution is 9.10. The van der Waals surface area contributed by atoms with Crippen molar-refractivity contribution in [2.75, 3.05) is 0 Å². The summed E-state index contributed by atoms with van der Waals surface area (Å²) in [6.45, 7) is 2.00. The van der Waals surface area contributed by atoms with Crippen LogP contribution in [0.5, 0.6) is 5.75 Å². The van der Waals surface area contributed by atoms with Gasteiger partial charge < -0.3 is 4.74 Å². The molecule has 0 aliphatic rings. The first-order valence-corrected chi connectivity index (χ1v) is 7.37. The normalized spacial score (nSPS) is 10.3. The smallest absolute Gasteiger partial charge is 0.134 e. The number of carbonyl (C=O) groups excluding carboxylic acids is 1. The van der Waals surface area contributed by atoms with Gasteiger partial charge in [0.1, 0.15) is 18.1 Å². The predicted molar refractivity (Wildman–Crippen MR) is 84.3 cm³/mol. The number of halogens is 2. The summed E-state index contributed by atoms with van der Waals surface area (Å²) in [7, 11) is 0. The molecule has 2 nitrogen and oxygen atoms in total. The zero-order valence-electron chi connectivity index (χ0n) is 11.0.